The normalized spacial score (nSPS) is 18.1. The van der Waals surface area contributed by atoms with E-state index >= 15 is 0 Å². The second kappa shape index (κ2) is 8.20. The topological polar surface area (TPSA) is 175 Å². The van der Waals surface area contributed by atoms with Gasteiger partial charge in [0.1, 0.15) is 0 Å². The Morgan fingerprint density at radius 1 is 1.32 bits per heavy atom. The number of morpholine rings is 1. The maximum atomic E-state index is 13.2. The zero-order valence-electron chi connectivity index (χ0n) is 18.0. The van der Waals surface area contributed by atoms with Crippen molar-refractivity contribution in [3.05, 3.63) is 49.1 Å². The number of carbonyl (C=O) groups is 2. The van der Waals surface area contributed by atoms with Gasteiger partial charge in [-0.05, 0) is 19.1 Å². The molecule has 13 nitrogen and oxygen atoms in total. The van der Waals surface area contributed by atoms with Crippen molar-refractivity contribution in [2.75, 3.05) is 29.1 Å². The molecule has 4 N–H and O–H groups in total. The van der Waals surface area contributed by atoms with Crippen LogP contribution in [0.3, 0.4) is 0 Å². The second-order valence-corrected chi connectivity index (χ2v) is 7.80. The summed E-state index contributed by atoms with van der Waals surface area (Å²) in [6, 6.07) is 6.67. The van der Waals surface area contributed by atoms with E-state index in [4.69, 9.17) is 15.0 Å². The van der Waals surface area contributed by atoms with Gasteiger partial charge in [0, 0.05) is 30.7 Å². The lowest BCUT2D eigenvalue weighted by atomic mass is 9.95. The fourth-order valence-electron chi connectivity index (χ4n) is 3.61. The van der Waals surface area contributed by atoms with Gasteiger partial charge in [-0.1, -0.05) is 5.16 Å². The molecule has 0 unspecified atom stereocenters. The number of hydrogen-bond donors (Lipinski definition) is 3. The molecule has 174 valence electrons. The van der Waals surface area contributed by atoms with Gasteiger partial charge in [0.15, 0.2) is 34.4 Å². The molecular formula is C21H20N8O5. The number of aliphatic hydroxyl groups is 1. The number of aromatic nitrogens is 5. The molecule has 0 saturated carbocycles. The summed E-state index contributed by atoms with van der Waals surface area (Å²) in [6.07, 6.45) is 4.85. The quantitative estimate of drug-likeness (QED) is 0.377. The number of nitrogens with two attached hydrogens (primary N) is 1. The number of ether oxygens (including phenoxy) is 1. The van der Waals surface area contributed by atoms with Gasteiger partial charge < -0.3 is 25.4 Å². The SMILES string of the molecule is C[C@](O)(C(=O)Nc1cnc2c(N)noc2c1)[C@H]1OCCN(c2ccn(-c3ccncc3)n2)C1=O. The van der Waals surface area contributed by atoms with Crippen molar-refractivity contribution in [1.82, 2.24) is 24.9 Å². The number of nitrogens with zero attached hydrogens (tertiary/aromatic N) is 6. The molecule has 5 rings (SSSR count). The highest BCUT2D eigenvalue weighted by Crippen LogP contribution is 2.26. The summed E-state index contributed by atoms with van der Waals surface area (Å²) in [4.78, 5) is 35.6. The maximum Gasteiger partial charge on any atom is 0.260 e. The molecule has 0 bridgehead atoms. The van der Waals surface area contributed by atoms with Crippen LogP contribution in [0.4, 0.5) is 17.3 Å². The van der Waals surface area contributed by atoms with E-state index in [1.165, 1.54) is 24.1 Å². The highest BCUT2D eigenvalue weighted by Gasteiger charge is 2.49. The molecule has 1 aliphatic heterocycles. The Kier molecular flexibility index (Phi) is 5.18. The Hall–Kier alpha value is -4.36. The van der Waals surface area contributed by atoms with Gasteiger partial charge in [-0.15, -0.1) is 5.10 Å². The van der Waals surface area contributed by atoms with Crippen LogP contribution in [0.5, 0.6) is 0 Å². The number of amides is 2. The van der Waals surface area contributed by atoms with Gasteiger partial charge in [-0.3, -0.25) is 19.5 Å². The van der Waals surface area contributed by atoms with Crippen molar-refractivity contribution in [1.29, 1.82) is 0 Å². The Bertz CT molecular complexity index is 1370. The molecule has 5 heterocycles. The molecule has 1 saturated heterocycles. The van der Waals surface area contributed by atoms with Crippen LogP contribution in [0.25, 0.3) is 16.8 Å². The molecule has 34 heavy (non-hydrogen) atoms. The van der Waals surface area contributed by atoms with Crippen molar-refractivity contribution >= 4 is 40.2 Å². The highest BCUT2D eigenvalue weighted by atomic mass is 16.5. The lowest BCUT2D eigenvalue weighted by molar-refractivity contribution is -0.165. The fraction of sp³-hybridized carbons (Fsp3) is 0.238. The van der Waals surface area contributed by atoms with Crippen LogP contribution in [0, 0.1) is 0 Å². The van der Waals surface area contributed by atoms with Gasteiger partial charge >= 0.3 is 0 Å². The first kappa shape index (κ1) is 21.5. The average Bonchev–Trinajstić information content (AvgIpc) is 3.47. The van der Waals surface area contributed by atoms with Gasteiger partial charge in [0.25, 0.3) is 11.8 Å². The van der Waals surface area contributed by atoms with Crippen molar-refractivity contribution in [3.63, 3.8) is 0 Å². The predicted octanol–water partition coefficient (Wildman–Crippen LogP) is 0.507. The van der Waals surface area contributed by atoms with Crippen LogP contribution in [-0.4, -0.2) is 66.7 Å². The summed E-state index contributed by atoms with van der Waals surface area (Å²) >= 11 is 0. The van der Waals surface area contributed by atoms with Crippen LogP contribution in [0.2, 0.25) is 0 Å². The maximum absolute atomic E-state index is 13.2. The van der Waals surface area contributed by atoms with Crippen LogP contribution in [-0.2, 0) is 14.3 Å². The summed E-state index contributed by atoms with van der Waals surface area (Å²) < 4.78 is 12.2. The van der Waals surface area contributed by atoms with Gasteiger partial charge in [-0.25, -0.2) is 9.67 Å². The first-order valence-corrected chi connectivity index (χ1v) is 10.3. The number of pyridine rings is 2. The standard InChI is InChI=1S/C21H20N8O5/c1-21(32,20(31)25-12-10-14-16(24-11-12)18(22)27-34-14)17-19(30)28(8-9-33-17)15-4-7-29(26-15)13-2-5-23-6-3-13/h2-7,10-11,17,32H,8-9H2,1H3,(H2,22,27)(H,25,31)/t17-,21+/m0/s1. The van der Waals surface area contributed by atoms with Crippen molar-refractivity contribution in [3.8, 4) is 5.69 Å². The Morgan fingerprint density at radius 2 is 2.12 bits per heavy atom. The highest BCUT2D eigenvalue weighted by molar-refractivity contribution is 6.06. The molecular weight excluding hydrogens is 444 g/mol. The molecule has 2 atom stereocenters. The van der Waals surface area contributed by atoms with Crippen LogP contribution < -0.4 is 16.0 Å². The molecule has 0 aromatic carbocycles. The molecule has 13 heteroatoms. The number of fused-ring (bicyclic) bond motifs is 1. The number of carbonyl (C=O) groups excluding carboxylic acids is 2. The molecule has 1 aliphatic rings. The smallest absolute Gasteiger partial charge is 0.260 e. The van der Waals surface area contributed by atoms with E-state index in [9.17, 15) is 14.7 Å². The first-order valence-electron chi connectivity index (χ1n) is 10.3. The Labute approximate surface area is 192 Å². The first-order chi connectivity index (χ1) is 16.3. The van der Waals surface area contributed by atoms with Gasteiger partial charge in [0.2, 0.25) is 0 Å². The number of rotatable bonds is 5. The third-order valence-electron chi connectivity index (χ3n) is 5.43. The molecule has 4 aromatic rings. The van der Waals surface area contributed by atoms with E-state index in [1.807, 2.05) is 0 Å². The Morgan fingerprint density at radius 3 is 2.91 bits per heavy atom. The lowest BCUT2D eigenvalue weighted by Gasteiger charge is -2.37. The van der Waals surface area contributed by atoms with Crippen LogP contribution in [0.1, 0.15) is 6.92 Å². The predicted molar refractivity (Wildman–Crippen MR) is 119 cm³/mol. The van der Waals surface area contributed by atoms with Crippen molar-refractivity contribution in [2.24, 2.45) is 0 Å². The molecule has 0 spiro atoms. The minimum Gasteiger partial charge on any atom is -0.379 e. The minimum atomic E-state index is -2.20. The molecule has 1 fully saturated rings. The number of anilines is 3. The summed E-state index contributed by atoms with van der Waals surface area (Å²) in [5, 5.41) is 21.6. The van der Waals surface area contributed by atoms with E-state index in [0.717, 1.165) is 5.69 Å². The largest absolute Gasteiger partial charge is 0.379 e. The average molecular weight is 464 g/mol. The monoisotopic (exact) mass is 464 g/mol. The zero-order valence-corrected chi connectivity index (χ0v) is 18.0. The Balaban J connectivity index is 1.34. The van der Waals surface area contributed by atoms with E-state index in [2.05, 4.69) is 25.5 Å². The van der Waals surface area contributed by atoms with E-state index in [1.54, 1.807) is 41.5 Å². The summed E-state index contributed by atoms with van der Waals surface area (Å²) in [5.41, 5.74) is 5.05. The molecule has 0 radical (unpaired) electrons. The summed E-state index contributed by atoms with van der Waals surface area (Å²) in [5.74, 6) is -0.969. The number of hydrogen-bond acceptors (Lipinski definition) is 10. The van der Waals surface area contributed by atoms with Gasteiger partial charge in [-0.2, -0.15) is 0 Å². The molecule has 4 aromatic heterocycles. The molecule has 2 amide bonds. The van der Waals surface area contributed by atoms with Crippen molar-refractivity contribution < 1.29 is 24.0 Å². The summed E-state index contributed by atoms with van der Waals surface area (Å²) in [7, 11) is 0. The van der Waals surface area contributed by atoms with E-state index < -0.39 is 23.5 Å². The minimum absolute atomic E-state index is 0.104. The zero-order chi connectivity index (χ0) is 23.9. The lowest BCUT2D eigenvalue weighted by Crippen LogP contribution is -2.61. The van der Waals surface area contributed by atoms with Crippen LogP contribution >= 0.6 is 0 Å². The second-order valence-electron chi connectivity index (χ2n) is 7.80. The van der Waals surface area contributed by atoms with Crippen molar-refractivity contribution in [2.45, 2.75) is 18.6 Å². The van der Waals surface area contributed by atoms with E-state index in [0.29, 0.717) is 11.3 Å². The number of nitrogen functional groups attached to an aromatic ring is 1. The third kappa shape index (κ3) is 3.72. The van der Waals surface area contributed by atoms with Crippen LogP contribution in [0.15, 0.2) is 53.6 Å². The fourth-order valence-corrected chi connectivity index (χ4v) is 3.61. The van der Waals surface area contributed by atoms with Gasteiger partial charge in [0.05, 0.1) is 30.7 Å². The number of nitrogens with one attached hydrogen (secondary N) is 1. The third-order valence-corrected chi connectivity index (χ3v) is 5.43. The molecule has 0 aliphatic carbocycles. The summed E-state index contributed by atoms with van der Waals surface area (Å²) in [6.45, 7) is 1.53. The van der Waals surface area contributed by atoms with E-state index in [-0.39, 0.29) is 30.2 Å².